The molecule has 6 heteroatoms. The molecule has 18 heavy (non-hydrogen) atoms. The van der Waals surface area contributed by atoms with Crippen molar-refractivity contribution in [3.63, 3.8) is 0 Å². The number of urea groups is 1. The molecule has 0 spiro atoms. The predicted octanol–water partition coefficient (Wildman–Crippen LogP) is 1.45. The molecule has 4 amide bonds. The van der Waals surface area contributed by atoms with Crippen LogP contribution in [0.25, 0.3) is 0 Å². The highest BCUT2D eigenvalue weighted by molar-refractivity contribution is 8.02. The minimum Gasteiger partial charge on any atom is -0.276 e. The van der Waals surface area contributed by atoms with Gasteiger partial charge in [-0.3, -0.25) is 20.2 Å². The fourth-order valence-corrected chi connectivity index (χ4v) is 3.05. The third-order valence-corrected chi connectivity index (χ3v) is 4.01. The topological polar surface area (TPSA) is 75.3 Å². The summed E-state index contributed by atoms with van der Waals surface area (Å²) in [4.78, 5) is 35.3. The number of barbiturate groups is 1. The molecule has 100 valence electrons. The molecule has 0 bridgehead atoms. The lowest BCUT2D eigenvalue weighted by atomic mass is 9.93. The van der Waals surface area contributed by atoms with Crippen molar-refractivity contribution < 1.29 is 14.4 Å². The first-order valence-corrected chi connectivity index (χ1v) is 6.82. The maximum absolute atomic E-state index is 12.1. The number of nitrogens with one attached hydrogen (secondary N) is 2. The molecule has 0 saturated carbocycles. The zero-order valence-electron chi connectivity index (χ0n) is 11.0. The van der Waals surface area contributed by atoms with Crippen LogP contribution in [0, 0.1) is 5.92 Å². The number of allylic oxidation sites excluding steroid dienone is 1. The van der Waals surface area contributed by atoms with E-state index in [9.17, 15) is 14.4 Å². The predicted molar refractivity (Wildman–Crippen MR) is 71.1 cm³/mol. The van der Waals surface area contributed by atoms with Crippen molar-refractivity contribution in [2.45, 2.75) is 32.4 Å². The van der Waals surface area contributed by atoms with Crippen molar-refractivity contribution in [2.24, 2.45) is 5.92 Å². The smallest absolute Gasteiger partial charge is 0.276 e. The third kappa shape index (κ3) is 2.58. The number of rotatable bonds is 4. The number of hydrogen-bond acceptors (Lipinski definition) is 4. The second-order valence-electron chi connectivity index (χ2n) is 4.45. The molecule has 2 N–H and O–H groups in total. The minimum absolute atomic E-state index is 0.220. The summed E-state index contributed by atoms with van der Waals surface area (Å²) in [7, 11) is 0. The van der Waals surface area contributed by atoms with Crippen LogP contribution in [0.4, 0.5) is 4.79 Å². The van der Waals surface area contributed by atoms with Gasteiger partial charge in [-0.25, -0.2) is 4.79 Å². The molecule has 1 saturated heterocycles. The number of amides is 4. The van der Waals surface area contributed by atoms with Crippen molar-refractivity contribution in [1.29, 1.82) is 0 Å². The highest BCUT2D eigenvalue weighted by atomic mass is 32.2. The van der Waals surface area contributed by atoms with Gasteiger partial charge in [0.05, 0.1) is 0 Å². The number of hydrogen-bond donors (Lipinski definition) is 2. The molecule has 0 aromatic carbocycles. The Kier molecular flexibility index (Phi) is 4.56. The van der Waals surface area contributed by atoms with Gasteiger partial charge in [0, 0.05) is 0 Å². The van der Waals surface area contributed by atoms with Gasteiger partial charge in [-0.05, 0) is 24.2 Å². The van der Waals surface area contributed by atoms with E-state index in [-0.39, 0.29) is 5.92 Å². The van der Waals surface area contributed by atoms with Crippen LogP contribution in [0.3, 0.4) is 0 Å². The maximum Gasteiger partial charge on any atom is 0.328 e. The van der Waals surface area contributed by atoms with Crippen LogP contribution in [-0.4, -0.2) is 28.3 Å². The van der Waals surface area contributed by atoms with Gasteiger partial charge < -0.3 is 0 Å². The van der Waals surface area contributed by atoms with Crippen molar-refractivity contribution in [3.05, 3.63) is 11.6 Å². The number of carbonyl (C=O) groups excluding carboxylic acids is 3. The monoisotopic (exact) mass is 270 g/mol. The van der Waals surface area contributed by atoms with Gasteiger partial charge in [0.25, 0.3) is 11.8 Å². The van der Waals surface area contributed by atoms with Crippen LogP contribution in [-0.2, 0) is 9.59 Å². The lowest BCUT2D eigenvalue weighted by Crippen LogP contribution is -2.65. The minimum atomic E-state index is -1.33. The van der Waals surface area contributed by atoms with Crippen LogP contribution in [0.2, 0.25) is 0 Å². The average molecular weight is 270 g/mol. The van der Waals surface area contributed by atoms with Gasteiger partial charge in [0.15, 0.2) is 4.75 Å². The van der Waals surface area contributed by atoms with Crippen LogP contribution < -0.4 is 10.6 Å². The van der Waals surface area contributed by atoms with Crippen molar-refractivity contribution in [2.75, 3.05) is 5.75 Å². The fraction of sp³-hybridized carbons (Fsp3) is 0.583. The molecular weight excluding hydrogens is 252 g/mol. The summed E-state index contributed by atoms with van der Waals surface area (Å²) in [5.41, 5.74) is 0.659. The summed E-state index contributed by atoms with van der Waals surface area (Å²) in [5.74, 6) is -0.300. The molecule has 5 nitrogen and oxygen atoms in total. The van der Waals surface area contributed by atoms with Gasteiger partial charge in [-0.2, -0.15) is 0 Å². The molecule has 0 atom stereocenters. The quantitative estimate of drug-likeness (QED) is 0.599. The number of thioether (sulfide) groups is 1. The highest BCUT2D eigenvalue weighted by Gasteiger charge is 2.51. The molecule has 1 fully saturated rings. The van der Waals surface area contributed by atoms with Crippen LogP contribution >= 0.6 is 11.8 Å². The van der Waals surface area contributed by atoms with Crippen molar-refractivity contribution in [3.8, 4) is 0 Å². The van der Waals surface area contributed by atoms with E-state index < -0.39 is 22.6 Å². The second kappa shape index (κ2) is 5.56. The average Bonchev–Trinajstić information content (AvgIpc) is 2.22. The molecule has 1 rings (SSSR count). The van der Waals surface area contributed by atoms with E-state index >= 15 is 0 Å². The number of carbonyl (C=O) groups is 3. The lowest BCUT2D eigenvalue weighted by Gasteiger charge is -2.34. The Morgan fingerprint density at radius 3 is 2.17 bits per heavy atom. The van der Waals surface area contributed by atoms with Gasteiger partial charge >= 0.3 is 6.03 Å². The van der Waals surface area contributed by atoms with E-state index in [4.69, 9.17) is 0 Å². The van der Waals surface area contributed by atoms with E-state index in [0.717, 1.165) is 0 Å². The zero-order valence-corrected chi connectivity index (χ0v) is 11.8. The Hall–Kier alpha value is -1.30. The van der Waals surface area contributed by atoms with Crippen LogP contribution in [0.5, 0.6) is 0 Å². The van der Waals surface area contributed by atoms with Crippen molar-refractivity contribution >= 4 is 29.6 Å². The molecule has 0 unspecified atom stereocenters. The van der Waals surface area contributed by atoms with Gasteiger partial charge in [0.1, 0.15) is 0 Å². The molecule has 0 aliphatic carbocycles. The van der Waals surface area contributed by atoms with E-state index in [1.165, 1.54) is 11.8 Å². The first kappa shape index (κ1) is 14.8. The molecular formula is C12H18N2O3S. The van der Waals surface area contributed by atoms with E-state index in [1.54, 1.807) is 6.92 Å². The summed E-state index contributed by atoms with van der Waals surface area (Å²) in [5, 5.41) is 4.34. The lowest BCUT2D eigenvalue weighted by molar-refractivity contribution is -0.132. The van der Waals surface area contributed by atoms with Crippen molar-refractivity contribution in [1.82, 2.24) is 10.6 Å². The third-order valence-electron chi connectivity index (χ3n) is 2.59. The Morgan fingerprint density at radius 2 is 1.78 bits per heavy atom. The largest absolute Gasteiger partial charge is 0.328 e. The Balaban J connectivity index is 3.25. The van der Waals surface area contributed by atoms with Crippen LogP contribution in [0.1, 0.15) is 27.7 Å². The molecule has 1 aliphatic heterocycles. The Labute approximate surface area is 111 Å². The van der Waals surface area contributed by atoms with Gasteiger partial charge in [-0.1, -0.05) is 26.8 Å². The Bertz CT molecular complexity index is 396. The second-order valence-corrected chi connectivity index (χ2v) is 5.92. The van der Waals surface area contributed by atoms with Gasteiger partial charge in [0.2, 0.25) is 0 Å². The van der Waals surface area contributed by atoms with E-state index in [2.05, 4.69) is 10.6 Å². The summed E-state index contributed by atoms with van der Waals surface area (Å²) in [6.45, 7) is 7.55. The summed E-state index contributed by atoms with van der Waals surface area (Å²) in [6, 6.07) is -0.755. The van der Waals surface area contributed by atoms with Crippen LogP contribution in [0.15, 0.2) is 11.6 Å². The normalized spacial score (nSPS) is 19.8. The summed E-state index contributed by atoms with van der Waals surface area (Å²) in [6.07, 6.45) is 1.87. The highest BCUT2D eigenvalue weighted by Crippen LogP contribution is 2.35. The molecule has 1 heterocycles. The summed E-state index contributed by atoms with van der Waals surface area (Å²) >= 11 is 1.22. The van der Waals surface area contributed by atoms with E-state index in [1.807, 2.05) is 26.8 Å². The first-order valence-electron chi connectivity index (χ1n) is 5.84. The molecule has 1 aliphatic rings. The summed E-state index contributed by atoms with van der Waals surface area (Å²) < 4.78 is -1.33. The van der Waals surface area contributed by atoms with E-state index in [0.29, 0.717) is 11.3 Å². The first-order chi connectivity index (χ1) is 8.34. The SMILES string of the molecule is CCSC1(C(C)=CC(C)C)C(=O)NC(=O)NC1=O. The maximum atomic E-state index is 12.1. The molecule has 0 radical (unpaired) electrons. The fourth-order valence-electron chi connectivity index (χ4n) is 1.95. The molecule has 0 aromatic rings. The number of imide groups is 2. The van der Waals surface area contributed by atoms with Gasteiger partial charge in [-0.15, -0.1) is 11.8 Å². The standard InChI is InChI=1S/C12H18N2O3S/c1-5-18-12(8(4)6-7(2)3)9(15)13-11(17)14-10(12)16/h6-7H,5H2,1-4H3,(H2,13,14,15,16,17). The Morgan fingerprint density at radius 1 is 1.28 bits per heavy atom. The zero-order chi connectivity index (χ0) is 13.9. The molecule has 0 aromatic heterocycles.